The summed E-state index contributed by atoms with van der Waals surface area (Å²) in [6.07, 6.45) is 0. The van der Waals surface area contributed by atoms with E-state index in [2.05, 4.69) is 15.1 Å². The Kier molecular flexibility index (Phi) is 13.9. The zero-order valence-electron chi connectivity index (χ0n) is 41.2. The molecule has 0 atom stereocenters. The average Bonchev–Trinajstić information content (AvgIpc) is 4.34. The maximum absolute atomic E-state index is 7.64. The molecule has 0 spiro atoms. The maximum atomic E-state index is 7.64. The van der Waals surface area contributed by atoms with Crippen molar-refractivity contribution >= 4 is 138 Å². The van der Waals surface area contributed by atoms with Crippen LogP contribution in [-0.4, -0.2) is 40.8 Å². The van der Waals surface area contributed by atoms with Gasteiger partial charge in [0.2, 0.25) is 0 Å². The number of halogens is 8. The Balaban J connectivity index is 1.42. The standard InChI is InChI=1S/C64H34Cl8N8/c65-41-25-9-1-17-33(41)49-50(34-18-2-10-26-42(34)66)59-54(38-22-6-14-30-46(38)70)61-56(40-24-8-16-32-48(40)72)75-63(76-61)78-64-77-62(79-80-64)55(39-23-7-15-31-47(39)71)60-52(36-20-4-12-28-44(36)68)51(35-19-3-11-27-43(35)67)58(74-60)53(57(49)73-59)37-21-5-13-29-45(37)69/h1-32,73H,(H,75,76,77,78,79,80). The summed E-state index contributed by atoms with van der Waals surface area (Å²) < 4.78 is 0. The molecule has 2 aliphatic heterocycles. The van der Waals surface area contributed by atoms with Crippen LogP contribution in [0.4, 0.5) is 5.95 Å². The summed E-state index contributed by atoms with van der Waals surface area (Å²) in [5, 5.41) is 12.8. The van der Waals surface area contributed by atoms with Gasteiger partial charge in [0.05, 0.1) is 33.0 Å². The number of aromatic amines is 2. The van der Waals surface area contributed by atoms with Crippen LogP contribution in [-0.2, 0) is 0 Å². The van der Waals surface area contributed by atoms with Crippen molar-refractivity contribution in [2.75, 3.05) is 0 Å². The topological polar surface area (TPSA) is 108 Å². The van der Waals surface area contributed by atoms with Gasteiger partial charge in [0.25, 0.3) is 11.7 Å². The molecule has 0 saturated heterocycles. The number of rotatable bonds is 8. The van der Waals surface area contributed by atoms with E-state index >= 15 is 0 Å². The Morgan fingerprint density at radius 3 is 1.00 bits per heavy atom. The Labute approximate surface area is 498 Å². The number of H-pyrrole nitrogens is 2. The third-order valence-corrected chi connectivity index (χ3v) is 16.5. The highest BCUT2D eigenvalue weighted by Crippen LogP contribution is 2.55. The summed E-state index contributed by atoms with van der Waals surface area (Å²) in [6, 6.07) is 60.3. The molecular weight excluding hydrogens is 1160 g/mol. The molecule has 0 radical (unpaired) electrons. The van der Waals surface area contributed by atoms with Gasteiger partial charge in [-0.3, -0.25) is 0 Å². The Hall–Kier alpha value is -7.60. The van der Waals surface area contributed by atoms with Crippen LogP contribution < -0.4 is 0 Å². The normalized spacial score (nSPS) is 12.3. The second-order valence-corrected chi connectivity index (χ2v) is 21.7. The van der Waals surface area contributed by atoms with Crippen LogP contribution in [0.15, 0.2) is 199 Å². The SMILES string of the molecule is Clc1ccccc1C1=Nc2nc1c(-c1ccccc1Cl)c1[nH]c(c(-c3ccccc3Cl)c3nc(c(-c4ccccc4Cl)c4nnc(n2)[nH]4)C(c2ccccc2Cl)=C3c2ccccc2Cl)c(-c2ccccc2Cl)c1-c1ccccc1Cl. The summed E-state index contributed by atoms with van der Waals surface area (Å²) in [7, 11) is 0. The molecule has 386 valence electrons. The van der Waals surface area contributed by atoms with Crippen LogP contribution in [0.5, 0.6) is 0 Å². The fraction of sp³-hybridized carbons (Fsp3) is 0. The fourth-order valence-electron chi connectivity index (χ4n) is 10.4. The van der Waals surface area contributed by atoms with E-state index in [9.17, 15) is 0 Å². The summed E-state index contributed by atoms with van der Waals surface area (Å²) in [5.41, 5.74) is 11.6. The summed E-state index contributed by atoms with van der Waals surface area (Å²) in [5.74, 6) is 0.0969. The Morgan fingerprint density at radius 2 is 0.600 bits per heavy atom. The van der Waals surface area contributed by atoms with Crippen molar-refractivity contribution in [2.24, 2.45) is 4.99 Å². The molecule has 2 aliphatic rings. The molecule has 0 saturated carbocycles. The fourth-order valence-corrected chi connectivity index (χ4v) is 12.3. The molecule has 80 heavy (non-hydrogen) atoms. The van der Waals surface area contributed by atoms with Gasteiger partial charge in [0.1, 0.15) is 11.4 Å². The van der Waals surface area contributed by atoms with E-state index in [1.807, 2.05) is 182 Å². The van der Waals surface area contributed by atoms with Crippen LogP contribution in [0.3, 0.4) is 0 Å². The van der Waals surface area contributed by atoms with Gasteiger partial charge in [0.15, 0.2) is 5.65 Å². The van der Waals surface area contributed by atoms with Crippen LogP contribution in [0.1, 0.15) is 33.8 Å². The molecule has 13 rings (SSSR count). The second-order valence-electron chi connectivity index (χ2n) is 18.5. The molecule has 0 fully saturated rings. The molecule has 11 aromatic rings. The number of aliphatic imine (C=N–C) groups is 1. The zero-order chi connectivity index (χ0) is 54.8. The van der Waals surface area contributed by atoms with Crippen LogP contribution in [0.25, 0.3) is 89.2 Å². The van der Waals surface area contributed by atoms with E-state index in [0.29, 0.717) is 157 Å². The predicted octanol–water partition coefficient (Wildman–Crippen LogP) is 20.2. The second kappa shape index (κ2) is 21.5. The minimum absolute atomic E-state index is 0.0285. The van der Waals surface area contributed by atoms with Gasteiger partial charge in [-0.25, -0.2) is 15.0 Å². The van der Waals surface area contributed by atoms with Crippen molar-refractivity contribution in [3.05, 3.63) is 268 Å². The van der Waals surface area contributed by atoms with Gasteiger partial charge in [-0.15, -0.1) is 10.2 Å². The Morgan fingerprint density at radius 1 is 0.275 bits per heavy atom. The van der Waals surface area contributed by atoms with Crippen molar-refractivity contribution in [1.29, 1.82) is 0 Å². The summed E-state index contributed by atoms with van der Waals surface area (Å²) in [6.45, 7) is 0. The molecule has 0 aliphatic carbocycles. The van der Waals surface area contributed by atoms with Gasteiger partial charge in [-0.2, -0.15) is 4.98 Å². The molecular formula is C64H34Cl8N8. The number of hydrogen-bond acceptors (Lipinski definition) is 6. The number of fused-ring (bicyclic) bond motifs is 8. The monoisotopic (exact) mass is 1190 g/mol. The molecule has 8 bridgehead atoms. The number of nitrogens with one attached hydrogen (secondary N) is 2. The third kappa shape index (κ3) is 9.07. The first-order valence-corrected chi connectivity index (χ1v) is 27.8. The molecule has 8 aromatic carbocycles. The predicted molar refractivity (Wildman–Crippen MR) is 331 cm³/mol. The van der Waals surface area contributed by atoms with Crippen molar-refractivity contribution < 1.29 is 0 Å². The molecule has 0 unspecified atom stereocenters. The minimum atomic E-state index is 0.0285. The van der Waals surface area contributed by atoms with Gasteiger partial charge in [-0.1, -0.05) is 238 Å². The van der Waals surface area contributed by atoms with E-state index in [-0.39, 0.29) is 17.4 Å². The van der Waals surface area contributed by atoms with Crippen LogP contribution in [0.2, 0.25) is 40.2 Å². The molecule has 2 N–H and O–H groups in total. The van der Waals surface area contributed by atoms with Crippen molar-refractivity contribution in [3.8, 4) is 55.6 Å². The third-order valence-electron chi connectivity index (χ3n) is 13.9. The van der Waals surface area contributed by atoms with E-state index in [1.54, 1.807) is 12.1 Å². The molecule has 0 amide bonds. The van der Waals surface area contributed by atoms with Gasteiger partial charge in [-0.05, 0) is 48.5 Å². The van der Waals surface area contributed by atoms with Crippen molar-refractivity contribution in [3.63, 3.8) is 0 Å². The van der Waals surface area contributed by atoms with Crippen molar-refractivity contribution in [1.82, 2.24) is 35.1 Å². The van der Waals surface area contributed by atoms with E-state index in [1.165, 1.54) is 0 Å². The number of nitrogens with zero attached hydrogens (tertiary/aromatic N) is 6. The lowest BCUT2D eigenvalue weighted by molar-refractivity contribution is 1.10. The van der Waals surface area contributed by atoms with E-state index in [0.717, 1.165) is 0 Å². The maximum Gasteiger partial charge on any atom is 0.254 e. The van der Waals surface area contributed by atoms with Gasteiger partial charge < -0.3 is 9.97 Å². The quantitative estimate of drug-likeness (QED) is 0.158. The highest BCUT2D eigenvalue weighted by molar-refractivity contribution is 6.40. The lowest BCUT2D eigenvalue weighted by Gasteiger charge is -2.16. The largest absolute Gasteiger partial charge is 0.353 e. The lowest BCUT2D eigenvalue weighted by Crippen LogP contribution is -2.05. The first kappa shape index (κ1) is 51.8. The first-order chi connectivity index (χ1) is 39.0. The number of benzene rings is 8. The van der Waals surface area contributed by atoms with Crippen LogP contribution >= 0.6 is 92.8 Å². The lowest BCUT2D eigenvalue weighted by atomic mass is 9.86. The number of aromatic nitrogens is 7. The van der Waals surface area contributed by atoms with E-state index in [4.69, 9.17) is 118 Å². The average molecular weight is 1200 g/mol. The van der Waals surface area contributed by atoms with Gasteiger partial charge >= 0.3 is 0 Å². The van der Waals surface area contributed by atoms with Crippen LogP contribution in [0, 0.1) is 0 Å². The highest BCUT2D eigenvalue weighted by atomic mass is 35.5. The number of hydrogen-bond donors (Lipinski definition) is 2. The Bertz CT molecular complexity index is 4620. The summed E-state index contributed by atoms with van der Waals surface area (Å²) >= 11 is 59.6. The molecule has 16 heteroatoms. The minimum Gasteiger partial charge on any atom is -0.353 e. The van der Waals surface area contributed by atoms with E-state index < -0.39 is 0 Å². The first-order valence-electron chi connectivity index (χ1n) is 24.8. The smallest absolute Gasteiger partial charge is 0.254 e. The molecule has 8 nitrogen and oxygen atoms in total. The van der Waals surface area contributed by atoms with Crippen molar-refractivity contribution in [2.45, 2.75) is 0 Å². The molecule has 3 aromatic heterocycles. The van der Waals surface area contributed by atoms with Gasteiger partial charge in [0, 0.05) is 113 Å². The molecule has 5 heterocycles. The highest BCUT2D eigenvalue weighted by Gasteiger charge is 2.35. The zero-order valence-corrected chi connectivity index (χ0v) is 47.2. The summed E-state index contributed by atoms with van der Waals surface area (Å²) in [4.78, 5) is 28.8.